The molecule has 102 valence electrons. The van der Waals surface area contributed by atoms with E-state index in [1.54, 1.807) is 0 Å². The fourth-order valence-corrected chi connectivity index (χ4v) is 2.68. The molecule has 2 rings (SSSR count). The van der Waals surface area contributed by atoms with Gasteiger partial charge < -0.3 is 10.1 Å². The molecule has 2 aromatic rings. The van der Waals surface area contributed by atoms with E-state index in [-0.39, 0.29) is 0 Å². The van der Waals surface area contributed by atoms with Gasteiger partial charge in [-0.05, 0) is 35.6 Å². The summed E-state index contributed by atoms with van der Waals surface area (Å²) in [5.41, 5.74) is 1.21. The summed E-state index contributed by atoms with van der Waals surface area (Å²) in [6.07, 6.45) is 1.10. The molecular weight excluding hydrogens is 322 g/mol. The van der Waals surface area contributed by atoms with Gasteiger partial charge in [0.2, 0.25) is 0 Å². The number of hydrogen-bond donors (Lipinski definition) is 1. The second-order valence-corrected chi connectivity index (χ2v) is 6.21. The van der Waals surface area contributed by atoms with Crippen LogP contribution >= 0.6 is 27.3 Å². The maximum Gasteiger partial charge on any atom is 0.0717 e. The number of halogens is 1. The molecule has 0 spiro atoms. The van der Waals surface area contributed by atoms with Crippen molar-refractivity contribution in [2.75, 3.05) is 19.7 Å². The summed E-state index contributed by atoms with van der Waals surface area (Å²) in [5.74, 6) is 0. The first-order chi connectivity index (χ1) is 9.34. The predicted octanol–water partition coefficient (Wildman–Crippen LogP) is 3.86. The number of thiophene rings is 1. The zero-order valence-electron chi connectivity index (χ0n) is 10.8. The molecule has 1 N–H and O–H groups in total. The Kier molecular flexibility index (Phi) is 6.57. The molecule has 1 aromatic carbocycles. The number of nitrogens with one attached hydrogen (secondary N) is 1. The summed E-state index contributed by atoms with van der Waals surface area (Å²) in [7, 11) is 0. The number of benzene rings is 1. The summed E-state index contributed by atoms with van der Waals surface area (Å²) in [6, 6.07) is 12.5. The highest BCUT2D eigenvalue weighted by Crippen LogP contribution is 2.11. The molecule has 0 aliphatic heterocycles. The van der Waals surface area contributed by atoms with Gasteiger partial charge in [0.15, 0.2) is 0 Å². The van der Waals surface area contributed by atoms with Crippen molar-refractivity contribution in [1.29, 1.82) is 0 Å². The van der Waals surface area contributed by atoms with Crippen LogP contribution in [0.2, 0.25) is 0 Å². The van der Waals surface area contributed by atoms with E-state index in [1.807, 2.05) is 23.5 Å². The molecule has 4 heteroatoms. The van der Waals surface area contributed by atoms with Crippen LogP contribution < -0.4 is 5.32 Å². The third-order valence-electron chi connectivity index (χ3n) is 2.73. The number of rotatable bonds is 8. The minimum atomic E-state index is 0.680. The van der Waals surface area contributed by atoms with Crippen molar-refractivity contribution in [1.82, 2.24) is 5.32 Å². The first-order valence-corrected chi connectivity index (χ1v) is 8.07. The Bertz CT molecular complexity index is 456. The highest BCUT2D eigenvalue weighted by molar-refractivity contribution is 9.10. The summed E-state index contributed by atoms with van der Waals surface area (Å²) >= 11 is 5.24. The molecular formula is C15H18BrNOS. The lowest BCUT2D eigenvalue weighted by Gasteiger charge is -2.06. The lowest BCUT2D eigenvalue weighted by molar-refractivity contribution is 0.123. The fourth-order valence-electron chi connectivity index (χ4n) is 1.71. The molecule has 0 saturated heterocycles. The van der Waals surface area contributed by atoms with E-state index < -0.39 is 0 Å². The zero-order valence-corrected chi connectivity index (χ0v) is 13.2. The molecule has 0 aliphatic rings. The van der Waals surface area contributed by atoms with Crippen molar-refractivity contribution in [2.45, 2.75) is 13.0 Å². The molecule has 1 heterocycles. The van der Waals surface area contributed by atoms with Crippen LogP contribution in [0, 0.1) is 0 Å². The van der Waals surface area contributed by atoms with Crippen LogP contribution in [-0.2, 0) is 17.8 Å². The summed E-state index contributed by atoms with van der Waals surface area (Å²) in [5, 5.41) is 5.51. The van der Waals surface area contributed by atoms with Gasteiger partial charge in [-0.15, -0.1) is 11.3 Å². The van der Waals surface area contributed by atoms with Crippen LogP contribution in [-0.4, -0.2) is 19.7 Å². The van der Waals surface area contributed by atoms with Crippen LogP contribution in [0.5, 0.6) is 0 Å². The van der Waals surface area contributed by atoms with Gasteiger partial charge in [-0.1, -0.05) is 34.1 Å². The molecule has 0 atom stereocenters. The second-order valence-electron chi connectivity index (χ2n) is 4.26. The second kappa shape index (κ2) is 8.48. The van der Waals surface area contributed by atoms with Gasteiger partial charge in [-0.3, -0.25) is 0 Å². The van der Waals surface area contributed by atoms with Gasteiger partial charge in [0.25, 0.3) is 0 Å². The van der Waals surface area contributed by atoms with Crippen LogP contribution in [0.15, 0.2) is 46.3 Å². The number of ether oxygens (including phenoxy) is 1. The smallest absolute Gasteiger partial charge is 0.0717 e. The van der Waals surface area contributed by atoms with Crippen molar-refractivity contribution in [3.63, 3.8) is 0 Å². The first kappa shape index (κ1) is 14.7. The van der Waals surface area contributed by atoms with E-state index in [0.29, 0.717) is 6.61 Å². The van der Waals surface area contributed by atoms with Gasteiger partial charge in [0.1, 0.15) is 0 Å². The molecule has 2 nitrogen and oxygen atoms in total. The predicted molar refractivity (Wildman–Crippen MR) is 84.7 cm³/mol. The Morgan fingerprint density at radius 3 is 2.68 bits per heavy atom. The lowest BCUT2D eigenvalue weighted by atomic mass is 10.2. The van der Waals surface area contributed by atoms with Gasteiger partial charge in [0, 0.05) is 22.4 Å². The maximum atomic E-state index is 5.62. The van der Waals surface area contributed by atoms with Crippen molar-refractivity contribution < 1.29 is 4.74 Å². The minimum Gasteiger partial charge on any atom is -0.375 e. The topological polar surface area (TPSA) is 21.3 Å². The average Bonchev–Trinajstić information content (AvgIpc) is 2.93. The Balaban J connectivity index is 1.49. The number of hydrogen-bond acceptors (Lipinski definition) is 3. The molecule has 1 aromatic heterocycles. The van der Waals surface area contributed by atoms with Crippen LogP contribution in [0.1, 0.15) is 10.4 Å². The summed E-state index contributed by atoms with van der Waals surface area (Å²) < 4.78 is 6.72. The third-order valence-corrected chi connectivity index (χ3v) is 4.20. The Hall–Kier alpha value is -0.680. The molecule has 0 fully saturated rings. The van der Waals surface area contributed by atoms with Crippen molar-refractivity contribution >= 4 is 27.3 Å². The minimum absolute atomic E-state index is 0.680. The van der Waals surface area contributed by atoms with Gasteiger partial charge in [0.05, 0.1) is 13.2 Å². The average molecular weight is 340 g/mol. The Morgan fingerprint density at radius 2 is 1.95 bits per heavy atom. The van der Waals surface area contributed by atoms with Crippen LogP contribution in [0.4, 0.5) is 0 Å². The van der Waals surface area contributed by atoms with Crippen molar-refractivity contribution in [3.05, 3.63) is 56.7 Å². The van der Waals surface area contributed by atoms with Gasteiger partial charge in [-0.2, -0.15) is 0 Å². The molecule has 0 amide bonds. The van der Waals surface area contributed by atoms with Crippen molar-refractivity contribution in [2.24, 2.45) is 0 Å². The van der Waals surface area contributed by atoms with E-state index in [9.17, 15) is 0 Å². The highest BCUT2D eigenvalue weighted by atomic mass is 79.9. The van der Waals surface area contributed by atoms with Gasteiger partial charge in [-0.25, -0.2) is 0 Å². The van der Waals surface area contributed by atoms with E-state index in [1.165, 1.54) is 10.4 Å². The van der Waals surface area contributed by atoms with Crippen LogP contribution in [0.3, 0.4) is 0 Å². The zero-order chi connectivity index (χ0) is 13.3. The van der Waals surface area contributed by atoms with Crippen LogP contribution in [0.25, 0.3) is 0 Å². The summed E-state index contributed by atoms with van der Waals surface area (Å²) in [4.78, 5) is 1.43. The summed E-state index contributed by atoms with van der Waals surface area (Å²) in [6.45, 7) is 3.35. The largest absolute Gasteiger partial charge is 0.375 e. The van der Waals surface area contributed by atoms with E-state index in [0.717, 1.165) is 30.6 Å². The lowest BCUT2D eigenvalue weighted by Crippen LogP contribution is -2.21. The first-order valence-electron chi connectivity index (χ1n) is 6.40. The fraction of sp³-hybridized carbons (Fsp3) is 0.333. The highest BCUT2D eigenvalue weighted by Gasteiger charge is 1.95. The maximum absolute atomic E-state index is 5.62. The molecule has 0 bridgehead atoms. The third kappa shape index (κ3) is 5.87. The molecule has 0 radical (unpaired) electrons. The monoisotopic (exact) mass is 339 g/mol. The van der Waals surface area contributed by atoms with Gasteiger partial charge >= 0.3 is 0 Å². The normalized spacial score (nSPS) is 10.8. The van der Waals surface area contributed by atoms with E-state index >= 15 is 0 Å². The standard InChI is InChI=1S/C15H18BrNOS/c16-14-5-3-13(4-6-14)12-18-10-9-17-8-7-15-2-1-11-19-15/h1-6,11,17H,7-10,12H2. The molecule has 19 heavy (non-hydrogen) atoms. The van der Waals surface area contributed by atoms with E-state index in [2.05, 4.69) is 50.9 Å². The Morgan fingerprint density at radius 1 is 1.11 bits per heavy atom. The molecule has 0 unspecified atom stereocenters. The van der Waals surface area contributed by atoms with Crippen molar-refractivity contribution in [3.8, 4) is 0 Å². The quantitative estimate of drug-likeness (QED) is 0.737. The van der Waals surface area contributed by atoms with E-state index in [4.69, 9.17) is 4.74 Å². The molecule has 0 aliphatic carbocycles. The molecule has 0 saturated carbocycles. The Labute approximate surface area is 126 Å². The SMILES string of the molecule is Brc1ccc(COCCNCCc2cccs2)cc1.